The van der Waals surface area contributed by atoms with Crippen molar-refractivity contribution in [1.82, 2.24) is 24.5 Å². The zero-order valence-electron chi connectivity index (χ0n) is 19.3. The standard InChI is InChI=1S/C21H16ClF6N7O2S/c1-6-8(4-30-34(6)2)7-3-9(17(23)24)31-21-11(7)13(16(38-21)20(29)37)32-10(36)5-35-15(19(27)28)12(22)14(33-35)18(25)26/h3-4,17-19H,5H2,1-2H3,(H2,29,37)(H,32,36). The summed E-state index contributed by atoms with van der Waals surface area (Å²) in [4.78, 5) is 28.7. The molecule has 0 aromatic carbocycles. The molecule has 202 valence electrons. The van der Waals surface area contributed by atoms with Gasteiger partial charge in [0.1, 0.15) is 33.3 Å². The second kappa shape index (κ2) is 10.2. The summed E-state index contributed by atoms with van der Waals surface area (Å²) in [7, 11) is 1.61. The van der Waals surface area contributed by atoms with Gasteiger partial charge in [0.15, 0.2) is 0 Å². The number of anilines is 1. The highest BCUT2D eigenvalue weighted by Gasteiger charge is 2.30. The summed E-state index contributed by atoms with van der Waals surface area (Å²) < 4.78 is 82.3. The van der Waals surface area contributed by atoms with Gasteiger partial charge in [0.2, 0.25) is 5.91 Å². The van der Waals surface area contributed by atoms with E-state index < -0.39 is 59.7 Å². The van der Waals surface area contributed by atoms with Crippen LogP contribution in [-0.4, -0.2) is 36.4 Å². The molecule has 0 saturated heterocycles. The molecule has 0 saturated carbocycles. The van der Waals surface area contributed by atoms with Gasteiger partial charge in [-0.05, 0) is 18.6 Å². The van der Waals surface area contributed by atoms with Crippen LogP contribution in [0.1, 0.15) is 51.7 Å². The number of fused-ring (bicyclic) bond motifs is 1. The average Bonchev–Trinajstić information content (AvgIpc) is 3.46. The SMILES string of the molecule is Cc1c(-c2cc(C(F)F)nc3sc(C(N)=O)c(NC(=O)Cn4nc(C(F)F)c(Cl)c4C(F)F)c23)cnn1C. The normalized spacial score (nSPS) is 11.9. The zero-order valence-corrected chi connectivity index (χ0v) is 20.9. The smallest absolute Gasteiger partial charge is 0.283 e. The number of rotatable bonds is 8. The molecule has 4 heterocycles. The quantitative estimate of drug-likeness (QED) is 0.271. The number of carbonyl (C=O) groups excluding carboxylic acids is 2. The Labute approximate surface area is 218 Å². The predicted octanol–water partition coefficient (Wildman–Crippen LogP) is 5.41. The molecule has 4 rings (SSSR count). The third-order valence-corrected chi connectivity index (χ3v) is 7.07. The number of amides is 2. The fraction of sp³-hybridized carbons (Fsp3) is 0.286. The Kier molecular flexibility index (Phi) is 7.38. The van der Waals surface area contributed by atoms with Gasteiger partial charge in [-0.2, -0.15) is 10.2 Å². The highest BCUT2D eigenvalue weighted by molar-refractivity contribution is 7.21. The molecule has 4 aromatic rings. The van der Waals surface area contributed by atoms with E-state index in [0.717, 1.165) is 6.07 Å². The fourth-order valence-corrected chi connectivity index (χ4v) is 5.07. The number of halogens is 7. The highest BCUT2D eigenvalue weighted by atomic mass is 35.5. The summed E-state index contributed by atoms with van der Waals surface area (Å²) in [5.41, 5.74) is 3.47. The predicted molar refractivity (Wildman–Crippen MR) is 126 cm³/mol. The van der Waals surface area contributed by atoms with Crippen molar-refractivity contribution in [2.24, 2.45) is 12.8 Å². The molecule has 0 bridgehead atoms. The van der Waals surface area contributed by atoms with Gasteiger partial charge in [-0.1, -0.05) is 11.6 Å². The van der Waals surface area contributed by atoms with E-state index in [9.17, 15) is 35.9 Å². The van der Waals surface area contributed by atoms with Crippen LogP contribution in [0.4, 0.5) is 32.0 Å². The highest BCUT2D eigenvalue weighted by Crippen LogP contribution is 2.43. The van der Waals surface area contributed by atoms with E-state index in [0.29, 0.717) is 27.3 Å². The van der Waals surface area contributed by atoms with Crippen LogP contribution in [0.15, 0.2) is 12.3 Å². The molecule has 0 unspecified atom stereocenters. The molecule has 0 aliphatic carbocycles. The molecule has 0 aliphatic rings. The van der Waals surface area contributed by atoms with Gasteiger partial charge in [0, 0.05) is 23.7 Å². The molecule has 0 aliphatic heterocycles. The van der Waals surface area contributed by atoms with Gasteiger partial charge in [-0.3, -0.25) is 19.0 Å². The summed E-state index contributed by atoms with van der Waals surface area (Å²) in [5, 5.41) is 8.85. The first-order chi connectivity index (χ1) is 17.8. The minimum absolute atomic E-state index is 0.0681. The summed E-state index contributed by atoms with van der Waals surface area (Å²) >= 11 is 6.25. The number of pyridine rings is 1. The first-order valence-electron chi connectivity index (χ1n) is 10.5. The van der Waals surface area contributed by atoms with Crippen LogP contribution in [0.25, 0.3) is 21.3 Å². The molecule has 0 fully saturated rings. The Morgan fingerprint density at radius 3 is 2.34 bits per heavy atom. The number of alkyl halides is 6. The maximum atomic E-state index is 13.6. The molecule has 17 heteroatoms. The molecule has 9 nitrogen and oxygen atoms in total. The second-order valence-electron chi connectivity index (χ2n) is 7.90. The molecular formula is C21H16ClF6N7O2S. The monoisotopic (exact) mass is 579 g/mol. The average molecular weight is 580 g/mol. The first kappa shape index (κ1) is 27.4. The number of hydrogen-bond donors (Lipinski definition) is 2. The van der Waals surface area contributed by atoms with E-state index in [1.54, 1.807) is 14.0 Å². The molecule has 0 atom stereocenters. The van der Waals surface area contributed by atoms with Crippen LogP contribution in [0.2, 0.25) is 5.02 Å². The molecule has 38 heavy (non-hydrogen) atoms. The summed E-state index contributed by atoms with van der Waals surface area (Å²) in [5.74, 6) is -2.10. The van der Waals surface area contributed by atoms with Crippen molar-refractivity contribution in [3.05, 3.63) is 44.9 Å². The minimum atomic E-state index is -3.34. The maximum Gasteiger partial charge on any atom is 0.283 e. The molecule has 2 amide bonds. The number of nitrogens with two attached hydrogens (primary N) is 1. The number of nitrogens with zero attached hydrogens (tertiary/aromatic N) is 5. The van der Waals surface area contributed by atoms with Gasteiger partial charge in [-0.25, -0.2) is 31.3 Å². The minimum Gasteiger partial charge on any atom is -0.365 e. The first-order valence-corrected chi connectivity index (χ1v) is 11.7. The van der Waals surface area contributed by atoms with Crippen molar-refractivity contribution >= 4 is 50.7 Å². The van der Waals surface area contributed by atoms with Gasteiger partial charge in [-0.15, -0.1) is 11.3 Å². The maximum absolute atomic E-state index is 13.6. The second-order valence-corrected chi connectivity index (χ2v) is 9.28. The molecule has 0 radical (unpaired) electrons. The zero-order chi connectivity index (χ0) is 28.0. The van der Waals surface area contributed by atoms with Crippen LogP contribution < -0.4 is 11.1 Å². The lowest BCUT2D eigenvalue weighted by atomic mass is 10.0. The van der Waals surface area contributed by atoms with Gasteiger partial charge < -0.3 is 11.1 Å². The number of aromatic nitrogens is 5. The Balaban J connectivity index is 1.86. The number of carbonyl (C=O) groups is 2. The van der Waals surface area contributed by atoms with Crippen LogP contribution in [0.5, 0.6) is 0 Å². The Morgan fingerprint density at radius 2 is 1.82 bits per heavy atom. The van der Waals surface area contributed by atoms with E-state index >= 15 is 0 Å². The van der Waals surface area contributed by atoms with Gasteiger partial charge >= 0.3 is 0 Å². The van der Waals surface area contributed by atoms with Crippen molar-refractivity contribution in [1.29, 1.82) is 0 Å². The largest absolute Gasteiger partial charge is 0.365 e. The van der Waals surface area contributed by atoms with Crippen molar-refractivity contribution in [3.8, 4) is 11.1 Å². The van der Waals surface area contributed by atoms with Crippen LogP contribution in [-0.2, 0) is 18.4 Å². The molecular weight excluding hydrogens is 564 g/mol. The molecule has 3 N–H and O–H groups in total. The molecule has 0 spiro atoms. The molecule has 4 aromatic heterocycles. The summed E-state index contributed by atoms with van der Waals surface area (Å²) in [6, 6.07) is 1.07. The lowest BCUT2D eigenvalue weighted by Crippen LogP contribution is -2.23. The number of hydrogen-bond acceptors (Lipinski definition) is 6. The van der Waals surface area contributed by atoms with E-state index in [2.05, 4.69) is 20.5 Å². The van der Waals surface area contributed by atoms with Gasteiger partial charge in [0.25, 0.3) is 25.2 Å². The van der Waals surface area contributed by atoms with Crippen molar-refractivity contribution < 1.29 is 35.9 Å². The Bertz CT molecular complexity index is 1570. The van der Waals surface area contributed by atoms with Crippen molar-refractivity contribution in [2.45, 2.75) is 32.7 Å². The summed E-state index contributed by atoms with van der Waals surface area (Å²) in [6.45, 7) is 0.662. The van der Waals surface area contributed by atoms with Crippen LogP contribution >= 0.6 is 22.9 Å². The third kappa shape index (κ3) is 4.80. The van der Waals surface area contributed by atoms with Crippen molar-refractivity contribution in [2.75, 3.05) is 5.32 Å². The van der Waals surface area contributed by atoms with E-state index in [4.69, 9.17) is 17.3 Å². The number of aryl methyl sites for hydroxylation is 1. The van der Waals surface area contributed by atoms with E-state index in [-0.39, 0.29) is 26.3 Å². The van der Waals surface area contributed by atoms with E-state index in [1.807, 2.05) is 0 Å². The number of nitrogens with one attached hydrogen (secondary N) is 1. The number of thiophene rings is 1. The van der Waals surface area contributed by atoms with Crippen LogP contribution in [0.3, 0.4) is 0 Å². The topological polar surface area (TPSA) is 121 Å². The fourth-order valence-electron chi connectivity index (χ4n) is 3.75. The lowest BCUT2D eigenvalue weighted by Gasteiger charge is -2.12. The van der Waals surface area contributed by atoms with E-state index in [1.165, 1.54) is 10.9 Å². The van der Waals surface area contributed by atoms with Crippen LogP contribution in [0, 0.1) is 6.92 Å². The Hall–Kier alpha value is -3.66. The van der Waals surface area contributed by atoms with Gasteiger partial charge in [0.05, 0.1) is 16.9 Å². The third-order valence-electron chi connectivity index (χ3n) is 5.58. The number of primary amides is 1. The summed E-state index contributed by atoms with van der Waals surface area (Å²) in [6.07, 6.45) is -8.21. The van der Waals surface area contributed by atoms with Crippen molar-refractivity contribution in [3.63, 3.8) is 0 Å². The Morgan fingerprint density at radius 1 is 1.13 bits per heavy atom. The lowest BCUT2D eigenvalue weighted by molar-refractivity contribution is -0.117.